The van der Waals surface area contributed by atoms with Gasteiger partial charge in [-0.25, -0.2) is 13.2 Å². The highest BCUT2D eigenvalue weighted by Crippen LogP contribution is 2.28. The summed E-state index contributed by atoms with van der Waals surface area (Å²) >= 11 is 1.34. The molecule has 1 nitrogen and oxygen atoms in total. The largest absolute Gasteiger partial charge is 0.398 e. The van der Waals surface area contributed by atoms with Gasteiger partial charge in [0.1, 0.15) is 5.82 Å². The van der Waals surface area contributed by atoms with Crippen molar-refractivity contribution in [1.82, 2.24) is 0 Å². The maximum Gasteiger partial charge on any atom is 0.159 e. The molecule has 94 valence electrons. The van der Waals surface area contributed by atoms with Crippen LogP contribution in [-0.2, 0) is 5.75 Å². The predicted octanol–water partition coefficient (Wildman–Crippen LogP) is 3.98. The van der Waals surface area contributed by atoms with Gasteiger partial charge in [0.2, 0.25) is 0 Å². The maximum absolute atomic E-state index is 13.0. The molecule has 5 heteroatoms. The van der Waals surface area contributed by atoms with Gasteiger partial charge in [0.15, 0.2) is 11.6 Å². The normalized spacial score (nSPS) is 10.6. The molecule has 0 atom stereocenters. The SMILES string of the molecule is Nc1cc(F)ccc1SCc1ccc(F)c(F)c1. The van der Waals surface area contributed by atoms with Crippen molar-refractivity contribution in [1.29, 1.82) is 0 Å². The van der Waals surface area contributed by atoms with Crippen molar-refractivity contribution in [3.05, 3.63) is 59.4 Å². The molecule has 2 rings (SSSR count). The van der Waals surface area contributed by atoms with Crippen LogP contribution in [0.4, 0.5) is 18.9 Å². The molecule has 2 aromatic rings. The maximum atomic E-state index is 13.0. The monoisotopic (exact) mass is 269 g/mol. The van der Waals surface area contributed by atoms with Crippen molar-refractivity contribution >= 4 is 17.4 Å². The van der Waals surface area contributed by atoms with Crippen LogP contribution in [0.3, 0.4) is 0 Å². The highest BCUT2D eigenvalue weighted by Gasteiger charge is 2.05. The minimum Gasteiger partial charge on any atom is -0.398 e. The van der Waals surface area contributed by atoms with Crippen molar-refractivity contribution in [2.45, 2.75) is 10.6 Å². The van der Waals surface area contributed by atoms with Gasteiger partial charge in [-0.05, 0) is 35.9 Å². The van der Waals surface area contributed by atoms with Crippen LogP contribution in [0.2, 0.25) is 0 Å². The zero-order valence-corrected chi connectivity index (χ0v) is 10.1. The van der Waals surface area contributed by atoms with Gasteiger partial charge in [0.05, 0.1) is 0 Å². The third-order valence-electron chi connectivity index (χ3n) is 2.35. The van der Waals surface area contributed by atoms with E-state index in [4.69, 9.17) is 5.73 Å². The summed E-state index contributed by atoms with van der Waals surface area (Å²) in [5, 5.41) is 0. The van der Waals surface area contributed by atoms with Crippen LogP contribution >= 0.6 is 11.8 Å². The Kier molecular flexibility index (Phi) is 3.81. The molecular formula is C13H10F3NS. The van der Waals surface area contributed by atoms with Gasteiger partial charge in [-0.1, -0.05) is 6.07 Å². The molecule has 2 aromatic carbocycles. The van der Waals surface area contributed by atoms with Crippen LogP contribution in [0.1, 0.15) is 5.56 Å². The van der Waals surface area contributed by atoms with E-state index in [-0.39, 0.29) is 0 Å². The van der Waals surface area contributed by atoms with Crippen LogP contribution < -0.4 is 5.73 Å². The van der Waals surface area contributed by atoms with E-state index in [1.54, 1.807) is 6.07 Å². The standard InChI is InChI=1S/C13H10F3NS/c14-9-2-4-13(12(17)6-9)18-7-8-1-3-10(15)11(16)5-8/h1-6H,7,17H2. The summed E-state index contributed by atoms with van der Waals surface area (Å²) in [6.45, 7) is 0. The van der Waals surface area contributed by atoms with Crippen LogP contribution in [0.15, 0.2) is 41.3 Å². The van der Waals surface area contributed by atoms with Gasteiger partial charge < -0.3 is 5.73 Å². The molecule has 0 aliphatic rings. The average molecular weight is 269 g/mol. The molecule has 0 radical (unpaired) electrons. The molecule has 0 fully saturated rings. The number of rotatable bonds is 3. The average Bonchev–Trinajstić information content (AvgIpc) is 2.32. The first-order valence-electron chi connectivity index (χ1n) is 5.18. The Morgan fingerprint density at radius 3 is 2.39 bits per heavy atom. The first kappa shape index (κ1) is 12.8. The topological polar surface area (TPSA) is 26.0 Å². The van der Waals surface area contributed by atoms with E-state index in [2.05, 4.69) is 0 Å². The Bertz CT molecular complexity index is 572. The number of halogens is 3. The van der Waals surface area contributed by atoms with Gasteiger partial charge in [0, 0.05) is 16.3 Å². The lowest BCUT2D eigenvalue weighted by Crippen LogP contribution is -1.91. The van der Waals surface area contributed by atoms with Gasteiger partial charge in [-0.3, -0.25) is 0 Å². The smallest absolute Gasteiger partial charge is 0.159 e. The molecule has 0 aliphatic heterocycles. The van der Waals surface area contributed by atoms with Crippen molar-refractivity contribution < 1.29 is 13.2 Å². The summed E-state index contributed by atoms with van der Waals surface area (Å²) in [4.78, 5) is 0.709. The lowest BCUT2D eigenvalue weighted by molar-refractivity contribution is 0.507. The number of anilines is 1. The fourth-order valence-corrected chi connectivity index (χ4v) is 2.33. The Morgan fingerprint density at radius 1 is 0.944 bits per heavy atom. The third kappa shape index (κ3) is 2.98. The minimum absolute atomic E-state index is 0.336. The highest BCUT2D eigenvalue weighted by atomic mass is 32.2. The second-order valence-electron chi connectivity index (χ2n) is 3.72. The van der Waals surface area contributed by atoms with E-state index < -0.39 is 17.5 Å². The Labute approximate surface area is 107 Å². The number of hydrogen-bond donors (Lipinski definition) is 1. The van der Waals surface area contributed by atoms with Crippen molar-refractivity contribution in [2.24, 2.45) is 0 Å². The van der Waals surface area contributed by atoms with E-state index in [0.717, 1.165) is 12.1 Å². The summed E-state index contributed by atoms with van der Waals surface area (Å²) in [6.07, 6.45) is 0. The molecule has 0 unspecified atom stereocenters. The van der Waals surface area contributed by atoms with Crippen LogP contribution in [0, 0.1) is 17.5 Å². The van der Waals surface area contributed by atoms with Crippen molar-refractivity contribution in [3.8, 4) is 0 Å². The molecule has 0 spiro atoms. The van der Waals surface area contributed by atoms with Gasteiger partial charge >= 0.3 is 0 Å². The lowest BCUT2D eigenvalue weighted by atomic mass is 10.2. The Balaban J connectivity index is 2.09. The minimum atomic E-state index is -0.875. The summed E-state index contributed by atoms with van der Waals surface area (Å²) < 4.78 is 38.5. The molecule has 0 saturated heterocycles. The zero-order valence-electron chi connectivity index (χ0n) is 9.29. The Hall–Kier alpha value is -1.62. The second-order valence-corrected chi connectivity index (χ2v) is 4.74. The van der Waals surface area contributed by atoms with Gasteiger partial charge in [0.25, 0.3) is 0 Å². The fraction of sp³-hybridized carbons (Fsp3) is 0.0769. The van der Waals surface area contributed by atoms with Gasteiger partial charge in [-0.2, -0.15) is 0 Å². The van der Waals surface area contributed by atoms with Crippen LogP contribution in [-0.4, -0.2) is 0 Å². The molecule has 0 bridgehead atoms. The van der Waals surface area contributed by atoms with E-state index in [1.807, 2.05) is 0 Å². The molecule has 18 heavy (non-hydrogen) atoms. The number of benzene rings is 2. The Morgan fingerprint density at radius 2 is 1.72 bits per heavy atom. The molecule has 0 aromatic heterocycles. The molecule has 0 saturated carbocycles. The molecule has 2 N–H and O–H groups in total. The lowest BCUT2D eigenvalue weighted by Gasteiger charge is -2.06. The summed E-state index contributed by atoms with van der Waals surface area (Å²) in [7, 11) is 0. The van der Waals surface area contributed by atoms with Crippen LogP contribution in [0.25, 0.3) is 0 Å². The molecule has 0 heterocycles. The summed E-state index contributed by atoms with van der Waals surface area (Å²) in [6, 6.07) is 7.83. The number of hydrogen-bond acceptors (Lipinski definition) is 2. The summed E-state index contributed by atoms with van der Waals surface area (Å²) in [5.74, 6) is -1.71. The van der Waals surface area contributed by atoms with E-state index in [9.17, 15) is 13.2 Å². The van der Waals surface area contributed by atoms with Crippen LogP contribution in [0.5, 0.6) is 0 Å². The van der Waals surface area contributed by atoms with E-state index in [1.165, 1.54) is 30.0 Å². The fourth-order valence-electron chi connectivity index (χ4n) is 1.44. The summed E-state index contributed by atoms with van der Waals surface area (Å²) in [5.41, 5.74) is 6.62. The zero-order chi connectivity index (χ0) is 13.1. The first-order chi connectivity index (χ1) is 8.56. The number of nitrogen functional groups attached to an aromatic ring is 1. The second kappa shape index (κ2) is 5.35. The third-order valence-corrected chi connectivity index (χ3v) is 3.51. The molecule has 0 amide bonds. The quantitative estimate of drug-likeness (QED) is 0.673. The van der Waals surface area contributed by atoms with Gasteiger partial charge in [-0.15, -0.1) is 11.8 Å². The predicted molar refractivity (Wildman–Crippen MR) is 66.7 cm³/mol. The van der Waals surface area contributed by atoms with Crippen molar-refractivity contribution in [2.75, 3.05) is 5.73 Å². The highest BCUT2D eigenvalue weighted by molar-refractivity contribution is 7.98. The number of thioether (sulfide) groups is 1. The number of nitrogens with two attached hydrogens (primary N) is 1. The van der Waals surface area contributed by atoms with E-state index >= 15 is 0 Å². The molecule has 0 aliphatic carbocycles. The first-order valence-corrected chi connectivity index (χ1v) is 6.16. The van der Waals surface area contributed by atoms with E-state index in [0.29, 0.717) is 21.9 Å². The van der Waals surface area contributed by atoms with Crippen molar-refractivity contribution in [3.63, 3.8) is 0 Å². The molecular weight excluding hydrogens is 259 g/mol.